The third-order valence-electron chi connectivity index (χ3n) is 4.89. The molecule has 0 amide bonds. The minimum atomic E-state index is -0.814. The highest BCUT2D eigenvalue weighted by Gasteiger charge is 2.26. The zero-order valence-corrected chi connectivity index (χ0v) is 18.3. The Kier molecular flexibility index (Phi) is 5.76. The van der Waals surface area contributed by atoms with Gasteiger partial charge < -0.3 is 10.6 Å². The molecule has 4 aromatic rings. The molecule has 0 aliphatic heterocycles. The summed E-state index contributed by atoms with van der Waals surface area (Å²) in [5.74, 6) is 0.563. The van der Waals surface area contributed by atoms with E-state index in [2.05, 4.69) is 20.6 Å². The average molecular weight is 465 g/mol. The van der Waals surface area contributed by atoms with Crippen LogP contribution >= 0.6 is 11.6 Å². The molecule has 0 aliphatic carbocycles. The number of fused-ring (bicyclic) bond motifs is 1. The molecular formula is C22H17ClN6O4. The summed E-state index contributed by atoms with van der Waals surface area (Å²) in [6.45, 7) is 3.87. The lowest BCUT2D eigenvalue weighted by Gasteiger charge is -2.15. The van der Waals surface area contributed by atoms with Crippen LogP contribution in [0.25, 0.3) is 11.0 Å². The average Bonchev–Trinajstić information content (AvgIpc) is 2.75. The van der Waals surface area contributed by atoms with Crippen LogP contribution in [0.1, 0.15) is 11.1 Å². The molecule has 0 radical (unpaired) electrons. The van der Waals surface area contributed by atoms with Gasteiger partial charge in [0, 0.05) is 16.4 Å². The first-order valence-corrected chi connectivity index (χ1v) is 10.1. The van der Waals surface area contributed by atoms with Crippen molar-refractivity contribution in [3.8, 4) is 0 Å². The summed E-state index contributed by atoms with van der Waals surface area (Å²) in [6.07, 6.45) is 0. The molecule has 10 nitrogen and oxygen atoms in total. The number of hydrogen-bond acceptors (Lipinski definition) is 8. The van der Waals surface area contributed by atoms with E-state index in [1.54, 1.807) is 24.3 Å². The number of nitrogens with zero attached hydrogens (tertiary/aromatic N) is 4. The van der Waals surface area contributed by atoms with Crippen molar-refractivity contribution in [2.75, 3.05) is 10.6 Å². The molecule has 0 fully saturated rings. The van der Waals surface area contributed by atoms with Gasteiger partial charge in [0.25, 0.3) is 0 Å². The third kappa shape index (κ3) is 4.65. The van der Waals surface area contributed by atoms with Crippen molar-refractivity contribution in [1.82, 2.24) is 9.97 Å². The predicted molar refractivity (Wildman–Crippen MR) is 127 cm³/mol. The highest BCUT2D eigenvalue weighted by atomic mass is 35.5. The fraction of sp³-hybridized carbons (Fsp3) is 0.0909. The maximum Gasteiger partial charge on any atom is 0.348 e. The second-order valence-corrected chi connectivity index (χ2v) is 7.78. The van der Waals surface area contributed by atoms with Gasteiger partial charge in [0.2, 0.25) is 0 Å². The van der Waals surface area contributed by atoms with Crippen molar-refractivity contribution in [3.05, 3.63) is 91.0 Å². The Hall–Kier alpha value is -4.31. The fourth-order valence-electron chi connectivity index (χ4n) is 3.25. The van der Waals surface area contributed by atoms with E-state index in [4.69, 9.17) is 11.6 Å². The maximum atomic E-state index is 11.4. The summed E-state index contributed by atoms with van der Waals surface area (Å²) in [5.41, 5.74) is 2.31. The molecule has 0 atom stereocenters. The number of nitro benzene ring substituents is 2. The van der Waals surface area contributed by atoms with E-state index < -0.39 is 21.2 Å². The molecule has 0 bridgehead atoms. The Labute approximate surface area is 192 Å². The van der Waals surface area contributed by atoms with Gasteiger partial charge in [-0.2, -0.15) is 0 Å². The summed E-state index contributed by atoms with van der Waals surface area (Å²) < 4.78 is 0. The number of rotatable bonds is 6. The van der Waals surface area contributed by atoms with Crippen molar-refractivity contribution >= 4 is 57.0 Å². The van der Waals surface area contributed by atoms with Gasteiger partial charge in [0.05, 0.1) is 33.0 Å². The zero-order valence-electron chi connectivity index (χ0n) is 17.5. The molecule has 0 saturated heterocycles. The molecule has 2 N–H and O–H groups in total. The third-order valence-corrected chi connectivity index (χ3v) is 5.12. The van der Waals surface area contributed by atoms with E-state index in [0.717, 1.165) is 28.9 Å². The van der Waals surface area contributed by atoms with Gasteiger partial charge in [0.15, 0.2) is 11.6 Å². The van der Waals surface area contributed by atoms with Gasteiger partial charge in [-0.25, -0.2) is 9.97 Å². The Balaban J connectivity index is 1.91. The van der Waals surface area contributed by atoms with Crippen LogP contribution in [-0.2, 0) is 0 Å². The first-order valence-electron chi connectivity index (χ1n) is 9.73. The second kappa shape index (κ2) is 8.67. The number of aromatic nitrogens is 2. The van der Waals surface area contributed by atoms with E-state index >= 15 is 0 Å². The predicted octanol–water partition coefficient (Wildman–Crippen LogP) is 6.20. The van der Waals surface area contributed by atoms with Crippen LogP contribution in [0.5, 0.6) is 0 Å². The van der Waals surface area contributed by atoms with Crippen LogP contribution < -0.4 is 10.6 Å². The van der Waals surface area contributed by atoms with Crippen LogP contribution in [0.2, 0.25) is 5.02 Å². The molecule has 11 heteroatoms. The van der Waals surface area contributed by atoms with Crippen molar-refractivity contribution in [2.24, 2.45) is 0 Å². The molecule has 1 aromatic heterocycles. The Morgan fingerprint density at radius 2 is 1.42 bits per heavy atom. The summed E-state index contributed by atoms with van der Waals surface area (Å²) in [5, 5.41) is 29.6. The quantitative estimate of drug-likeness (QED) is 0.254. The van der Waals surface area contributed by atoms with Crippen molar-refractivity contribution in [3.63, 3.8) is 0 Å². The van der Waals surface area contributed by atoms with Crippen LogP contribution in [0.4, 0.5) is 34.4 Å². The lowest BCUT2D eigenvalue weighted by Crippen LogP contribution is -2.05. The first-order chi connectivity index (χ1) is 15.7. The Bertz CT molecular complexity index is 1430. The largest absolute Gasteiger partial charge is 0.348 e. The molecule has 1 heterocycles. The molecule has 4 rings (SSSR count). The zero-order chi connectivity index (χ0) is 23.7. The van der Waals surface area contributed by atoms with E-state index in [0.29, 0.717) is 16.5 Å². The van der Waals surface area contributed by atoms with Gasteiger partial charge in [-0.3, -0.25) is 20.2 Å². The smallest absolute Gasteiger partial charge is 0.337 e. The Morgan fingerprint density at radius 3 is 2.00 bits per heavy atom. The van der Waals surface area contributed by atoms with E-state index in [-0.39, 0.29) is 16.9 Å². The molecule has 0 spiro atoms. The normalized spacial score (nSPS) is 10.8. The Morgan fingerprint density at radius 1 is 0.818 bits per heavy atom. The highest BCUT2D eigenvalue weighted by molar-refractivity contribution is 6.30. The minimum absolute atomic E-state index is 0.128. The number of benzene rings is 3. The second-order valence-electron chi connectivity index (χ2n) is 7.34. The standard InChI is InChI=1S/C22H17ClN6O4/c1-12-6-7-13(2)16(8-12)25-22-21(24-15-5-3-4-14(23)9-15)26-17-10-19(28(30)31)20(29(32)33)11-18(17)27-22/h3-11H,1-2H3,(H,24,26)(H,25,27). The monoisotopic (exact) mass is 464 g/mol. The molecule has 33 heavy (non-hydrogen) atoms. The number of hydrogen-bond donors (Lipinski definition) is 2. The van der Waals surface area contributed by atoms with Crippen molar-refractivity contribution in [1.29, 1.82) is 0 Å². The van der Waals surface area contributed by atoms with E-state index in [9.17, 15) is 20.2 Å². The van der Waals surface area contributed by atoms with Crippen LogP contribution in [0, 0.1) is 34.1 Å². The van der Waals surface area contributed by atoms with Crippen LogP contribution in [0.15, 0.2) is 54.6 Å². The molecule has 0 aliphatic rings. The van der Waals surface area contributed by atoms with Crippen LogP contribution in [0.3, 0.4) is 0 Å². The number of halogens is 1. The molecule has 0 saturated carbocycles. The van der Waals surface area contributed by atoms with Gasteiger partial charge in [0.1, 0.15) is 0 Å². The van der Waals surface area contributed by atoms with Gasteiger partial charge >= 0.3 is 11.4 Å². The summed E-state index contributed by atoms with van der Waals surface area (Å²) in [6, 6.07) is 14.9. The first kappa shape index (κ1) is 21.9. The lowest BCUT2D eigenvalue weighted by molar-refractivity contribution is -0.422. The van der Waals surface area contributed by atoms with Crippen molar-refractivity contribution < 1.29 is 9.85 Å². The fourth-order valence-corrected chi connectivity index (χ4v) is 3.44. The van der Waals surface area contributed by atoms with E-state index in [1.807, 2.05) is 32.0 Å². The van der Waals surface area contributed by atoms with Gasteiger partial charge in [-0.15, -0.1) is 0 Å². The number of anilines is 4. The topological polar surface area (TPSA) is 136 Å². The summed E-state index contributed by atoms with van der Waals surface area (Å²) >= 11 is 6.09. The minimum Gasteiger partial charge on any atom is -0.337 e. The number of nitro groups is 2. The summed E-state index contributed by atoms with van der Waals surface area (Å²) in [4.78, 5) is 30.1. The van der Waals surface area contributed by atoms with Crippen LogP contribution in [-0.4, -0.2) is 19.8 Å². The van der Waals surface area contributed by atoms with Gasteiger partial charge in [-0.05, 0) is 49.2 Å². The van der Waals surface area contributed by atoms with Crippen molar-refractivity contribution in [2.45, 2.75) is 13.8 Å². The van der Waals surface area contributed by atoms with E-state index in [1.165, 1.54) is 0 Å². The molecule has 166 valence electrons. The SMILES string of the molecule is Cc1ccc(C)c(Nc2nc3cc([N+](=O)[O-])c([N+](=O)[O-])cc3nc2Nc2cccc(Cl)c2)c1. The highest BCUT2D eigenvalue weighted by Crippen LogP contribution is 2.34. The van der Waals surface area contributed by atoms with Gasteiger partial charge in [-0.1, -0.05) is 29.8 Å². The molecule has 0 unspecified atom stereocenters. The number of nitrogens with one attached hydrogen (secondary N) is 2. The number of aryl methyl sites for hydroxylation is 2. The summed E-state index contributed by atoms with van der Waals surface area (Å²) in [7, 11) is 0. The molecule has 3 aromatic carbocycles. The molecular weight excluding hydrogens is 448 g/mol. The lowest BCUT2D eigenvalue weighted by atomic mass is 10.1. The maximum absolute atomic E-state index is 11.4.